The highest BCUT2D eigenvalue weighted by atomic mass is 35.5. The first-order valence-corrected chi connectivity index (χ1v) is 8.01. The van der Waals surface area contributed by atoms with Gasteiger partial charge in [0.15, 0.2) is 0 Å². The van der Waals surface area contributed by atoms with Crippen molar-refractivity contribution in [2.24, 2.45) is 0 Å². The molecule has 6 nitrogen and oxygen atoms in total. The Morgan fingerprint density at radius 3 is 2.91 bits per heavy atom. The van der Waals surface area contributed by atoms with E-state index < -0.39 is 0 Å². The minimum atomic E-state index is -0.0790. The lowest BCUT2D eigenvalue weighted by atomic mass is 10.1. The van der Waals surface area contributed by atoms with Crippen molar-refractivity contribution in [1.29, 1.82) is 0 Å². The van der Waals surface area contributed by atoms with Gasteiger partial charge in [-0.15, -0.1) is 12.4 Å². The van der Waals surface area contributed by atoms with Crippen LogP contribution in [0.4, 0.5) is 0 Å². The normalized spacial score (nSPS) is 18.0. The molecule has 2 rings (SSSR count). The van der Waals surface area contributed by atoms with E-state index in [-0.39, 0.29) is 18.3 Å². The lowest BCUT2D eigenvalue weighted by Gasteiger charge is -2.22. The van der Waals surface area contributed by atoms with Crippen molar-refractivity contribution in [3.05, 3.63) is 18.0 Å². The highest BCUT2D eigenvalue weighted by Gasteiger charge is 2.17. The molecule has 2 N–H and O–H groups in total. The maximum atomic E-state index is 12.1. The van der Waals surface area contributed by atoms with Gasteiger partial charge in [0.1, 0.15) is 5.69 Å². The number of amides is 1. The van der Waals surface area contributed by atoms with E-state index in [1.807, 2.05) is 10.9 Å². The van der Waals surface area contributed by atoms with Crippen LogP contribution in [-0.2, 0) is 0 Å². The van der Waals surface area contributed by atoms with Gasteiger partial charge in [-0.3, -0.25) is 9.48 Å². The summed E-state index contributed by atoms with van der Waals surface area (Å²) in [6, 6.07) is 2.18. The zero-order valence-electron chi connectivity index (χ0n) is 13.5. The zero-order valence-corrected chi connectivity index (χ0v) is 14.4. The molecule has 1 amide bonds. The molecule has 0 radical (unpaired) electrons. The first-order chi connectivity index (χ1) is 10.2. The number of nitrogens with zero attached hydrogens (tertiary/aromatic N) is 3. The summed E-state index contributed by atoms with van der Waals surface area (Å²) in [5.74, 6) is -0.0790. The highest BCUT2D eigenvalue weighted by molar-refractivity contribution is 5.92. The number of rotatable bonds is 7. The van der Waals surface area contributed by atoms with Gasteiger partial charge in [0.25, 0.3) is 5.91 Å². The Hall–Kier alpha value is -1.11. The number of aromatic nitrogens is 2. The highest BCUT2D eigenvalue weighted by Crippen LogP contribution is 2.15. The Labute approximate surface area is 139 Å². The third kappa shape index (κ3) is 5.26. The molecule has 1 aliphatic heterocycles. The second-order valence-electron chi connectivity index (χ2n) is 5.46. The Bertz CT molecular complexity index is 441. The predicted octanol–water partition coefficient (Wildman–Crippen LogP) is 1.30. The number of piperidine rings is 1. The largest absolute Gasteiger partial charge is 0.349 e. The first-order valence-electron chi connectivity index (χ1n) is 8.01. The first kappa shape index (κ1) is 18.9. The standard InChI is InChI=1S/C15H27N5O.ClH/c1-3-19(4-2)11-9-17-15(21)14-7-10-20(18-14)13-6-5-8-16-12-13;/h7,10,13,16H,3-6,8-9,11-12H2,1-2H3,(H,17,21);1H. The molecule has 1 aliphatic rings. The average molecular weight is 330 g/mol. The van der Waals surface area contributed by atoms with Crippen LogP contribution in [0, 0.1) is 0 Å². The zero-order chi connectivity index (χ0) is 15.1. The summed E-state index contributed by atoms with van der Waals surface area (Å²) in [7, 11) is 0. The van der Waals surface area contributed by atoms with Crippen LogP contribution in [-0.4, -0.2) is 59.9 Å². The third-order valence-electron chi connectivity index (χ3n) is 4.09. The van der Waals surface area contributed by atoms with Crippen LogP contribution >= 0.6 is 12.4 Å². The summed E-state index contributed by atoms with van der Waals surface area (Å²) in [6.07, 6.45) is 4.20. The Morgan fingerprint density at radius 2 is 2.27 bits per heavy atom. The number of hydrogen-bond acceptors (Lipinski definition) is 4. The predicted molar refractivity (Wildman–Crippen MR) is 90.7 cm³/mol. The van der Waals surface area contributed by atoms with Crippen molar-refractivity contribution in [2.45, 2.75) is 32.7 Å². The molecular formula is C15H28ClN5O. The lowest BCUT2D eigenvalue weighted by Crippen LogP contribution is -2.35. The van der Waals surface area contributed by atoms with Gasteiger partial charge in [-0.2, -0.15) is 5.10 Å². The Kier molecular flexibility index (Phi) is 8.45. The van der Waals surface area contributed by atoms with Gasteiger partial charge in [-0.25, -0.2) is 0 Å². The number of nitrogens with one attached hydrogen (secondary N) is 2. The van der Waals surface area contributed by atoms with E-state index in [1.54, 1.807) is 6.07 Å². The monoisotopic (exact) mass is 329 g/mol. The summed E-state index contributed by atoms with van der Waals surface area (Å²) < 4.78 is 1.92. The maximum Gasteiger partial charge on any atom is 0.271 e. The molecule has 1 aromatic heterocycles. The number of carbonyl (C=O) groups excluding carboxylic acids is 1. The van der Waals surface area contributed by atoms with Gasteiger partial charge in [-0.05, 0) is 38.5 Å². The molecule has 0 spiro atoms. The molecule has 1 fully saturated rings. The van der Waals surface area contributed by atoms with Crippen molar-refractivity contribution >= 4 is 18.3 Å². The molecule has 1 atom stereocenters. The fourth-order valence-electron chi connectivity index (χ4n) is 2.68. The molecular weight excluding hydrogens is 302 g/mol. The SMILES string of the molecule is CCN(CC)CCNC(=O)c1ccn(C2CCCNC2)n1.Cl. The van der Waals surface area contributed by atoms with Crippen molar-refractivity contribution in [3.63, 3.8) is 0 Å². The van der Waals surface area contributed by atoms with Crippen LogP contribution in [0.5, 0.6) is 0 Å². The van der Waals surface area contributed by atoms with Gasteiger partial charge >= 0.3 is 0 Å². The molecule has 1 unspecified atom stereocenters. The molecule has 0 bridgehead atoms. The summed E-state index contributed by atoms with van der Waals surface area (Å²) in [4.78, 5) is 14.4. The number of hydrogen-bond donors (Lipinski definition) is 2. The summed E-state index contributed by atoms with van der Waals surface area (Å²) in [6.45, 7) is 9.84. The summed E-state index contributed by atoms with van der Waals surface area (Å²) >= 11 is 0. The lowest BCUT2D eigenvalue weighted by molar-refractivity contribution is 0.0942. The molecule has 2 heterocycles. The van der Waals surface area contributed by atoms with E-state index in [2.05, 4.69) is 34.5 Å². The van der Waals surface area contributed by atoms with Crippen LogP contribution < -0.4 is 10.6 Å². The molecule has 0 aliphatic carbocycles. The van der Waals surface area contributed by atoms with Crippen molar-refractivity contribution in [2.75, 3.05) is 39.3 Å². The Morgan fingerprint density at radius 1 is 1.50 bits per heavy atom. The smallest absolute Gasteiger partial charge is 0.271 e. The molecule has 0 aromatic carbocycles. The molecule has 1 aromatic rings. The minimum Gasteiger partial charge on any atom is -0.349 e. The minimum absolute atomic E-state index is 0. The molecule has 1 saturated heterocycles. The van der Waals surface area contributed by atoms with E-state index in [1.165, 1.54) is 0 Å². The van der Waals surface area contributed by atoms with Crippen molar-refractivity contribution in [3.8, 4) is 0 Å². The van der Waals surface area contributed by atoms with E-state index in [0.29, 0.717) is 18.3 Å². The van der Waals surface area contributed by atoms with Crippen molar-refractivity contribution in [1.82, 2.24) is 25.3 Å². The quantitative estimate of drug-likeness (QED) is 0.791. The van der Waals surface area contributed by atoms with E-state index in [9.17, 15) is 4.79 Å². The second-order valence-corrected chi connectivity index (χ2v) is 5.46. The van der Waals surface area contributed by atoms with E-state index >= 15 is 0 Å². The molecule has 22 heavy (non-hydrogen) atoms. The van der Waals surface area contributed by atoms with Gasteiger partial charge in [-0.1, -0.05) is 13.8 Å². The van der Waals surface area contributed by atoms with Gasteiger partial charge < -0.3 is 15.5 Å². The summed E-state index contributed by atoms with van der Waals surface area (Å²) in [5, 5.41) is 10.7. The van der Waals surface area contributed by atoms with E-state index in [0.717, 1.165) is 45.6 Å². The van der Waals surface area contributed by atoms with Gasteiger partial charge in [0.05, 0.1) is 6.04 Å². The van der Waals surface area contributed by atoms with Gasteiger partial charge in [0.2, 0.25) is 0 Å². The topological polar surface area (TPSA) is 62.2 Å². The average Bonchev–Trinajstić information content (AvgIpc) is 3.02. The van der Waals surface area contributed by atoms with Gasteiger partial charge in [0, 0.05) is 25.8 Å². The number of halogens is 1. The van der Waals surface area contributed by atoms with Crippen LogP contribution in [0.25, 0.3) is 0 Å². The fourth-order valence-corrected chi connectivity index (χ4v) is 2.68. The van der Waals surface area contributed by atoms with Crippen LogP contribution in [0.3, 0.4) is 0 Å². The van der Waals surface area contributed by atoms with E-state index in [4.69, 9.17) is 0 Å². The molecule has 126 valence electrons. The maximum absolute atomic E-state index is 12.1. The summed E-state index contributed by atoms with van der Waals surface area (Å²) in [5.41, 5.74) is 0.514. The van der Waals surface area contributed by atoms with Crippen LogP contribution in [0.15, 0.2) is 12.3 Å². The van der Waals surface area contributed by atoms with Crippen LogP contribution in [0.1, 0.15) is 43.2 Å². The number of carbonyl (C=O) groups is 1. The van der Waals surface area contributed by atoms with Crippen LogP contribution in [0.2, 0.25) is 0 Å². The number of likely N-dealkylation sites (N-methyl/N-ethyl adjacent to an activating group) is 1. The molecule has 0 saturated carbocycles. The molecule has 7 heteroatoms. The third-order valence-corrected chi connectivity index (χ3v) is 4.09. The Balaban J connectivity index is 0.00000242. The van der Waals surface area contributed by atoms with Crippen molar-refractivity contribution < 1.29 is 4.79 Å². The second kappa shape index (κ2) is 9.82. The fraction of sp³-hybridized carbons (Fsp3) is 0.733.